The molecule has 0 radical (unpaired) electrons. The number of rotatable bonds is 3. The highest BCUT2D eigenvalue weighted by molar-refractivity contribution is 7.71. The number of imidazole rings is 1. The maximum atomic E-state index is 11.6. The van der Waals surface area contributed by atoms with Gasteiger partial charge in [-0.2, -0.15) is 0 Å². The lowest BCUT2D eigenvalue weighted by Gasteiger charge is -2.19. The molecule has 2 heterocycles. The van der Waals surface area contributed by atoms with Gasteiger partial charge in [-0.3, -0.25) is 9.36 Å². The fraction of sp³-hybridized carbons (Fsp3) is 0.417. The predicted octanol–water partition coefficient (Wildman–Crippen LogP) is 2.08. The first-order valence-corrected chi connectivity index (χ1v) is 6.19. The van der Waals surface area contributed by atoms with Crippen LogP contribution in [0.5, 0.6) is 0 Å². The van der Waals surface area contributed by atoms with E-state index in [0.717, 1.165) is 11.1 Å². The lowest BCUT2D eigenvalue weighted by molar-refractivity contribution is -0.122. The Morgan fingerprint density at radius 3 is 2.78 bits per heavy atom. The van der Waals surface area contributed by atoms with Crippen molar-refractivity contribution in [3.05, 3.63) is 22.6 Å². The zero-order chi connectivity index (χ0) is 13.4. The lowest BCUT2D eigenvalue weighted by atomic mass is 10.0. The van der Waals surface area contributed by atoms with Gasteiger partial charge in [0.1, 0.15) is 6.04 Å². The second-order valence-electron chi connectivity index (χ2n) is 4.72. The minimum Gasteiger partial charge on any atom is -0.368 e. The molecule has 0 saturated heterocycles. The van der Waals surface area contributed by atoms with Gasteiger partial charge in [0.05, 0.1) is 5.52 Å². The summed E-state index contributed by atoms with van der Waals surface area (Å²) in [6.07, 6.45) is 1.70. The lowest BCUT2D eigenvalue weighted by Crippen LogP contribution is -2.30. The van der Waals surface area contributed by atoms with Crippen LogP contribution in [0, 0.1) is 17.6 Å². The summed E-state index contributed by atoms with van der Waals surface area (Å²) in [5.41, 5.74) is 8.05. The van der Waals surface area contributed by atoms with Crippen LogP contribution >= 0.6 is 12.2 Å². The monoisotopic (exact) mass is 264 g/mol. The van der Waals surface area contributed by atoms with Crippen molar-refractivity contribution >= 4 is 29.3 Å². The molecule has 0 fully saturated rings. The standard InChI is InChI=1S/C12H16N4OS/c1-6(2)9(10(13)17)16-11-8(15-12(16)18)7(3)4-5-14-11/h4-6,9H,1-3H3,(H2,13,17)(H,15,18). The molecule has 5 nitrogen and oxygen atoms in total. The third-order valence-electron chi connectivity index (χ3n) is 3.02. The molecule has 0 aliphatic heterocycles. The van der Waals surface area contributed by atoms with E-state index in [1.54, 1.807) is 10.8 Å². The maximum absolute atomic E-state index is 11.6. The molecule has 2 aromatic heterocycles. The molecule has 2 rings (SSSR count). The van der Waals surface area contributed by atoms with E-state index >= 15 is 0 Å². The first kappa shape index (κ1) is 12.8. The summed E-state index contributed by atoms with van der Waals surface area (Å²) < 4.78 is 2.19. The minimum absolute atomic E-state index is 0.0514. The Labute approximate surface area is 110 Å². The van der Waals surface area contributed by atoms with Gasteiger partial charge in [0.2, 0.25) is 5.91 Å². The average molecular weight is 264 g/mol. The van der Waals surface area contributed by atoms with Crippen LogP contribution in [0.25, 0.3) is 11.2 Å². The van der Waals surface area contributed by atoms with Crippen LogP contribution in [0.2, 0.25) is 0 Å². The van der Waals surface area contributed by atoms with E-state index in [9.17, 15) is 4.79 Å². The van der Waals surface area contributed by atoms with Gasteiger partial charge in [0.25, 0.3) is 0 Å². The van der Waals surface area contributed by atoms with Gasteiger partial charge in [-0.25, -0.2) is 4.98 Å². The summed E-state index contributed by atoms with van der Waals surface area (Å²) >= 11 is 5.29. The van der Waals surface area contributed by atoms with Crippen LogP contribution in [-0.2, 0) is 4.79 Å². The second kappa shape index (κ2) is 4.53. The molecule has 0 aliphatic rings. The summed E-state index contributed by atoms with van der Waals surface area (Å²) in [6, 6.07) is 1.41. The number of fused-ring (bicyclic) bond motifs is 1. The number of pyridine rings is 1. The Morgan fingerprint density at radius 2 is 2.22 bits per heavy atom. The molecule has 0 bridgehead atoms. The normalized spacial score (nSPS) is 13.1. The number of aryl methyl sites for hydroxylation is 1. The van der Waals surface area contributed by atoms with Gasteiger partial charge in [-0.1, -0.05) is 13.8 Å². The van der Waals surface area contributed by atoms with Crippen molar-refractivity contribution < 1.29 is 4.79 Å². The number of aromatic nitrogens is 3. The molecule has 1 atom stereocenters. The van der Waals surface area contributed by atoms with Gasteiger partial charge >= 0.3 is 0 Å². The highest BCUT2D eigenvalue weighted by atomic mass is 32.1. The first-order valence-electron chi connectivity index (χ1n) is 5.78. The van der Waals surface area contributed by atoms with Gasteiger partial charge in [-0.05, 0) is 36.7 Å². The average Bonchev–Trinajstić information content (AvgIpc) is 2.57. The molecular formula is C12H16N4OS. The molecule has 0 aromatic carbocycles. The van der Waals surface area contributed by atoms with Crippen LogP contribution in [0.1, 0.15) is 25.5 Å². The number of nitrogens with zero attached hydrogens (tertiary/aromatic N) is 2. The zero-order valence-electron chi connectivity index (χ0n) is 10.6. The van der Waals surface area contributed by atoms with E-state index in [1.807, 2.05) is 26.8 Å². The number of carbonyl (C=O) groups is 1. The highest BCUT2D eigenvalue weighted by Crippen LogP contribution is 2.24. The van der Waals surface area contributed by atoms with Crippen LogP contribution in [0.3, 0.4) is 0 Å². The Balaban J connectivity index is 2.78. The molecule has 2 aromatic rings. The van der Waals surface area contributed by atoms with Crippen LogP contribution in [0.15, 0.2) is 12.3 Å². The number of nitrogens with two attached hydrogens (primary N) is 1. The first-order chi connectivity index (χ1) is 8.43. The van der Waals surface area contributed by atoms with Crippen molar-refractivity contribution in [2.75, 3.05) is 0 Å². The number of hydrogen-bond acceptors (Lipinski definition) is 3. The number of nitrogens with one attached hydrogen (secondary N) is 1. The Hall–Kier alpha value is -1.69. The van der Waals surface area contributed by atoms with E-state index < -0.39 is 11.9 Å². The van der Waals surface area contributed by atoms with Crippen molar-refractivity contribution in [2.24, 2.45) is 11.7 Å². The Kier molecular flexibility index (Phi) is 3.21. The molecule has 6 heteroatoms. The van der Waals surface area contributed by atoms with Crippen molar-refractivity contribution in [1.82, 2.24) is 14.5 Å². The molecule has 0 spiro atoms. The fourth-order valence-electron chi connectivity index (χ4n) is 2.16. The third kappa shape index (κ3) is 1.92. The van der Waals surface area contributed by atoms with E-state index in [0.29, 0.717) is 10.4 Å². The smallest absolute Gasteiger partial charge is 0.240 e. The number of primary amides is 1. The predicted molar refractivity (Wildman–Crippen MR) is 72.7 cm³/mol. The topological polar surface area (TPSA) is 76.7 Å². The molecule has 1 unspecified atom stereocenters. The number of hydrogen-bond donors (Lipinski definition) is 2. The largest absolute Gasteiger partial charge is 0.368 e. The summed E-state index contributed by atoms with van der Waals surface area (Å²) in [5, 5.41) is 0. The van der Waals surface area contributed by atoms with E-state index in [2.05, 4.69) is 9.97 Å². The van der Waals surface area contributed by atoms with Crippen LogP contribution in [0.4, 0.5) is 0 Å². The quantitative estimate of drug-likeness (QED) is 0.833. The molecule has 1 amide bonds. The summed E-state index contributed by atoms with van der Waals surface area (Å²) in [6.45, 7) is 5.84. The second-order valence-corrected chi connectivity index (χ2v) is 5.10. The molecular weight excluding hydrogens is 248 g/mol. The number of amides is 1. The van der Waals surface area contributed by atoms with Crippen LogP contribution < -0.4 is 5.73 Å². The van der Waals surface area contributed by atoms with Gasteiger partial charge in [0, 0.05) is 6.20 Å². The van der Waals surface area contributed by atoms with Gasteiger partial charge in [-0.15, -0.1) is 0 Å². The van der Waals surface area contributed by atoms with Crippen LogP contribution in [-0.4, -0.2) is 20.4 Å². The van der Waals surface area contributed by atoms with Crippen molar-refractivity contribution in [1.29, 1.82) is 0 Å². The van der Waals surface area contributed by atoms with Crippen molar-refractivity contribution in [3.63, 3.8) is 0 Å². The van der Waals surface area contributed by atoms with E-state index in [-0.39, 0.29) is 5.92 Å². The third-order valence-corrected chi connectivity index (χ3v) is 3.32. The molecule has 0 saturated carbocycles. The summed E-state index contributed by atoms with van der Waals surface area (Å²) in [5.74, 6) is -0.346. The Bertz CT molecular complexity index is 656. The number of H-pyrrole nitrogens is 1. The van der Waals surface area contributed by atoms with Gasteiger partial charge < -0.3 is 10.7 Å². The van der Waals surface area contributed by atoms with E-state index in [1.165, 1.54) is 0 Å². The number of carbonyl (C=O) groups excluding carboxylic acids is 1. The van der Waals surface area contributed by atoms with Gasteiger partial charge in [0.15, 0.2) is 10.4 Å². The van der Waals surface area contributed by atoms with E-state index in [4.69, 9.17) is 18.0 Å². The fourth-order valence-corrected chi connectivity index (χ4v) is 2.46. The molecule has 18 heavy (non-hydrogen) atoms. The SMILES string of the molecule is Cc1ccnc2c1[nH]c(=S)n2C(C(N)=O)C(C)C. The Morgan fingerprint density at radius 1 is 1.56 bits per heavy atom. The van der Waals surface area contributed by atoms with Crippen molar-refractivity contribution in [2.45, 2.75) is 26.8 Å². The molecule has 0 aliphatic carbocycles. The minimum atomic E-state index is -0.486. The number of aromatic amines is 1. The van der Waals surface area contributed by atoms with Crippen molar-refractivity contribution in [3.8, 4) is 0 Å². The molecule has 3 N–H and O–H groups in total. The summed E-state index contributed by atoms with van der Waals surface area (Å²) in [4.78, 5) is 19.0. The summed E-state index contributed by atoms with van der Waals surface area (Å²) in [7, 11) is 0. The maximum Gasteiger partial charge on any atom is 0.240 e. The highest BCUT2D eigenvalue weighted by Gasteiger charge is 2.25. The molecule has 96 valence electrons. The zero-order valence-corrected chi connectivity index (χ0v) is 11.4.